The Morgan fingerprint density at radius 1 is 1.11 bits per heavy atom. The summed E-state index contributed by atoms with van der Waals surface area (Å²) in [4.78, 5) is 26.6. The fourth-order valence-electron chi connectivity index (χ4n) is 4.06. The number of carbonyl (C=O) groups excluding carboxylic acids is 2. The van der Waals surface area contributed by atoms with Crippen molar-refractivity contribution in [2.24, 2.45) is 11.7 Å². The van der Waals surface area contributed by atoms with Gasteiger partial charge in [-0.15, -0.1) is 0 Å². The van der Waals surface area contributed by atoms with Gasteiger partial charge in [0.25, 0.3) is 5.91 Å². The van der Waals surface area contributed by atoms with Gasteiger partial charge in [0.2, 0.25) is 5.91 Å². The number of anilines is 2. The Balaban J connectivity index is 1.57. The molecule has 0 atom stereocenters. The van der Waals surface area contributed by atoms with Crippen LogP contribution in [0, 0.1) is 5.92 Å². The van der Waals surface area contributed by atoms with E-state index in [9.17, 15) is 22.8 Å². The molecule has 1 aliphatic rings. The number of rotatable bonds is 6. The van der Waals surface area contributed by atoms with E-state index in [0.717, 1.165) is 17.8 Å². The Hall–Kier alpha value is -4.02. The second kappa shape index (κ2) is 9.69. The quantitative estimate of drug-likeness (QED) is 0.550. The molecular weight excluding hydrogens is 463 g/mol. The molecule has 8 nitrogen and oxygen atoms in total. The van der Waals surface area contributed by atoms with Crippen molar-refractivity contribution in [2.75, 3.05) is 30.4 Å². The van der Waals surface area contributed by atoms with E-state index in [-0.39, 0.29) is 29.0 Å². The first-order chi connectivity index (χ1) is 16.7. The minimum atomic E-state index is -4.51. The molecule has 11 heteroatoms. The number of halogens is 3. The van der Waals surface area contributed by atoms with Gasteiger partial charge in [0.15, 0.2) is 11.4 Å². The number of benzene rings is 2. The largest absolute Gasteiger partial charge is 0.493 e. The molecule has 3 aromatic rings. The van der Waals surface area contributed by atoms with Crippen LogP contribution in [-0.2, 0) is 11.0 Å². The summed E-state index contributed by atoms with van der Waals surface area (Å²) in [5.74, 6) is -0.946. The number of aromatic nitrogens is 2. The number of hydrogen-bond donors (Lipinski definition) is 2. The number of alkyl halides is 3. The van der Waals surface area contributed by atoms with Crippen LogP contribution in [0.2, 0.25) is 0 Å². The highest BCUT2D eigenvalue weighted by Crippen LogP contribution is 2.32. The number of nitrogens with two attached hydrogens (primary N) is 1. The van der Waals surface area contributed by atoms with E-state index in [1.165, 1.54) is 30.1 Å². The third-order valence-electron chi connectivity index (χ3n) is 5.94. The van der Waals surface area contributed by atoms with Crippen molar-refractivity contribution in [3.8, 4) is 11.4 Å². The van der Waals surface area contributed by atoms with Gasteiger partial charge >= 0.3 is 6.18 Å². The zero-order chi connectivity index (χ0) is 25.2. The number of ether oxygens (including phenoxy) is 1. The lowest BCUT2D eigenvalue weighted by atomic mass is 9.96. The normalized spacial score (nSPS) is 14.6. The number of piperidine rings is 1. The van der Waals surface area contributed by atoms with Gasteiger partial charge in [0.1, 0.15) is 0 Å². The van der Waals surface area contributed by atoms with Gasteiger partial charge in [0, 0.05) is 19.0 Å². The maximum absolute atomic E-state index is 13.1. The number of hydrogen-bond acceptors (Lipinski definition) is 5. The van der Waals surface area contributed by atoms with Crippen molar-refractivity contribution < 1.29 is 27.5 Å². The van der Waals surface area contributed by atoms with E-state index in [1.807, 2.05) is 12.1 Å². The van der Waals surface area contributed by atoms with Gasteiger partial charge in [-0.2, -0.15) is 18.3 Å². The van der Waals surface area contributed by atoms with Gasteiger partial charge in [-0.25, -0.2) is 4.68 Å². The van der Waals surface area contributed by atoms with Crippen molar-refractivity contribution in [3.05, 3.63) is 66.0 Å². The molecule has 1 aromatic heterocycles. The minimum absolute atomic E-state index is 0.0767. The first-order valence-electron chi connectivity index (χ1n) is 10.9. The fraction of sp³-hybridized carbons (Fsp3) is 0.292. The number of primary amides is 1. The highest BCUT2D eigenvalue weighted by atomic mass is 19.4. The molecule has 0 radical (unpaired) electrons. The Bertz CT molecular complexity index is 1230. The van der Waals surface area contributed by atoms with Crippen molar-refractivity contribution in [3.63, 3.8) is 0 Å². The zero-order valence-corrected chi connectivity index (χ0v) is 18.9. The van der Waals surface area contributed by atoms with E-state index in [0.29, 0.717) is 31.6 Å². The molecule has 0 saturated carbocycles. The topological polar surface area (TPSA) is 102 Å². The average molecular weight is 487 g/mol. The van der Waals surface area contributed by atoms with Crippen LogP contribution in [0.25, 0.3) is 5.69 Å². The predicted octanol–water partition coefficient (Wildman–Crippen LogP) is 3.85. The van der Waals surface area contributed by atoms with Gasteiger partial charge < -0.3 is 20.7 Å². The molecule has 0 unspecified atom stereocenters. The van der Waals surface area contributed by atoms with Gasteiger partial charge in [-0.05, 0) is 43.2 Å². The Morgan fingerprint density at radius 2 is 1.83 bits per heavy atom. The lowest BCUT2D eigenvalue weighted by Crippen LogP contribution is -2.38. The summed E-state index contributed by atoms with van der Waals surface area (Å²) in [6.45, 7) is 1.21. The van der Waals surface area contributed by atoms with Crippen molar-refractivity contribution in [1.82, 2.24) is 9.78 Å². The third-order valence-corrected chi connectivity index (χ3v) is 5.94. The lowest BCUT2D eigenvalue weighted by molar-refractivity contribution is -0.137. The van der Waals surface area contributed by atoms with Crippen LogP contribution in [-0.4, -0.2) is 41.8 Å². The first kappa shape index (κ1) is 24.1. The van der Waals surface area contributed by atoms with Crippen LogP contribution < -0.4 is 20.7 Å². The van der Waals surface area contributed by atoms with Crippen LogP contribution >= 0.6 is 0 Å². The van der Waals surface area contributed by atoms with E-state index < -0.39 is 17.6 Å². The van der Waals surface area contributed by atoms with Crippen LogP contribution in [0.4, 0.5) is 24.5 Å². The molecule has 35 heavy (non-hydrogen) atoms. The Morgan fingerprint density at radius 3 is 2.49 bits per heavy atom. The highest BCUT2D eigenvalue weighted by Gasteiger charge is 2.31. The Kier molecular flexibility index (Phi) is 6.68. The summed E-state index contributed by atoms with van der Waals surface area (Å²) in [6.07, 6.45) is -1.92. The van der Waals surface area contributed by atoms with Crippen LogP contribution in [0.5, 0.6) is 5.75 Å². The molecule has 0 spiro atoms. The van der Waals surface area contributed by atoms with E-state index in [1.54, 1.807) is 12.1 Å². The number of amides is 2. The van der Waals surface area contributed by atoms with Gasteiger partial charge in [0.05, 0.1) is 35.9 Å². The summed E-state index contributed by atoms with van der Waals surface area (Å²) >= 11 is 0. The van der Waals surface area contributed by atoms with Crippen molar-refractivity contribution in [1.29, 1.82) is 0 Å². The third kappa shape index (κ3) is 5.23. The molecule has 1 aliphatic heterocycles. The molecule has 2 aromatic carbocycles. The maximum Gasteiger partial charge on any atom is 0.416 e. The number of nitrogens with zero attached hydrogens (tertiary/aromatic N) is 3. The second-order valence-electron chi connectivity index (χ2n) is 8.17. The van der Waals surface area contributed by atoms with Crippen LogP contribution in [0.3, 0.4) is 0 Å². The molecule has 4 rings (SSSR count). The van der Waals surface area contributed by atoms with Gasteiger partial charge in [-0.3, -0.25) is 9.59 Å². The monoisotopic (exact) mass is 487 g/mol. The van der Waals surface area contributed by atoms with Crippen LogP contribution in [0.15, 0.2) is 54.7 Å². The molecule has 1 saturated heterocycles. The molecule has 2 heterocycles. The number of para-hydroxylation sites is 2. The SMILES string of the molecule is COc1cn(-c2cccc(C(F)(F)F)c2)nc1C(=O)Nc1ccccc1N1CCC(C(N)=O)CC1. The molecule has 2 amide bonds. The van der Waals surface area contributed by atoms with Crippen molar-refractivity contribution >= 4 is 23.2 Å². The van der Waals surface area contributed by atoms with E-state index in [4.69, 9.17) is 10.5 Å². The molecule has 0 aliphatic carbocycles. The molecule has 184 valence electrons. The summed E-state index contributed by atoms with van der Waals surface area (Å²) < 4.78 is 45.8. The van der Waals surface area contributed by atoms with E-state index in [2.05, 4.69) is 15.3 Å². The second-order valence-corrected chi connectivity index (χ2v) is 8.17. The summed E-state index contributed by atoms with van der Waals surface area (Å²) in [7, 11) is 1.35. The standard InChI is InChI=1S/C24H24F3N5O3/c1-35-20-14-32(17-6-4-5-16(13-17)24(25,26)27)30-21(20)23(34)29-18-7-2-3-8-19(18)31-11-9-15(10-12-31)22(28)33/h2-8,13-15H,9-12H2,1H3,(H2,28,33)(H,29,34). The van der Waals surface area contributed by atoms with E-state index >= 15 is 0 Å². The summed E-state index contributed by atoms with van der Waals surface area (Å²) in [5.41, 5.74) is 5.96. The molecule has 0 bridgehead atoms. The number of nitrogens with one attached hydrogen (secondary N) is 1. The zero-order valence-electron chi connectivity index (χ0n) is 18.9. The smallest absolute Gasteiger partial charge is 0.416 e. The minimum Gasteiger partial charge on any atom is -0.493 e. The summed E-state index contributed by atoms with van der Waals surface area (Å²) in [6, 6.07) is 11.8. The van der Waals surface area contributed by atoms with Crippen LogP contribution in [0.1, 0.15) is 28.9 Å². The van der Waals surface area contributed by atoms with Gasteiger partial charge in [-0.1, -0.05) is 18.2 Å². The predicted molar refractivity (Wildman–Crippen MR) is 124 cm³/mol. The fourth-order valence-corrected chi connectivity index (χ4v) is 4.06. The molecular formula is C24H24F3N5O3. The number of carbonyl (C=O) groups is 2. The Labute approximate surface area is 199 Å². The summed E-state index contributed by atoms with van der Waals surface area (Å²) in [5, 5.41) is 7.01. The average Bonchev–Trinajstić information content (AvgIpc) is 3.29. The number of methoxy groups -OCH3 is 1. The highest BCUT2D eigenvalue weighted by molar-refractivity contribution is 6.06. The maximum atomic E-state index is 13.1. The molecule has 3 N–H and O–H groups in total. The van der Waals surface area contributed by atoms with Crippen molar-refractivity contribution in [2.45, 2.75) is 19.0 Å². The first-order valence-corrected chi connectivity index (χ1v) is 10.9. The molecule has 1 fully saturated rings. The lowest BCUT2D eigenvalue weighted by Gasteiger charge is -2.33.